The van der Waals surface area contributed by atoms with Crippen LogP contribution in [0.2, 0.25) is 0 Å². The maximum absolute atomic E-state index is 2.40. The minimum Gasteiger partial charge on any atom is -0.0616 e. The second-order valence-corrected chi connectivity index (χ2v) is 11.3. The Morgan fingerprint density at radius 2 is 0.500 bits per heavy atom. The number of rotatable bonds is 2. The molecule has 0 fully saturated rings. The van der Waals surface area contributed by atoms with E-state index in [-0.39, 0.29) is 0 Å². The molecule has 0 heteroatoms. The first-order valence-electron chi connectivity index (χ1n) is 14.6. The van der Waals surface area contributed by atoms with E-state index in [1.807, 2.05) is 0 Å². The minimum absolute atomic E-state index is 1.25. The summed E-state index contributed by atoms with van der Waals surface area (Å²) in [4.78, 5) is 0. The van der Waals surface area contributed by atoms with E-state index in [1.54, 1.807) is 0 Å². The zero-order valence-electron chi connectivity index (χ0n) is 23.0. The lowest BCUT2D eigenvalue weighted by atomic mass is 9.85. The van der Waals surface area contributed by atoms with Crippen molar-refractivity contribution in [3.8, 4) is 22.3 Å². The zero-order chi connectivity index (χ0) is 27.6. The van der Waals surface area contributed by atoms with Crippen molar-refractivity contribution in [2.45, 2.75) is 0 Å². The first kappa shape index (κ1) is 23.3. The standard InChI is InChI=1S/C42H26/c1-3-11-33-27(9-1)17-19-29-21-23-31(25-39(29)33)41-35-13-5-7-15-37(35)42(38-16-8-6-14-36(38)41)32-24-22-30-20-18-28-10-2-4-12-34(28)40(30)26-32/h1-26H. The van der Waals surface area contributed by atoms with E-state index in [2.05, 4.69) is 158 Å². The molecule has 0 saturated carbocycles. The average molecular weight is 531 g/mol. The van der Waals surface area contributed by atoms with E-state index in [1.165, 1.54) is 86.9 Å². The van der Waals surface area contributed by atoms with Crippen molar-refractivity contribution in [2.75, 3.05) is 0 Å². The predicted octanol–water partition coefficient (Wildman–Crippen LogP) is 11.9. The summed E-state index contributed by atoms with van der Waals surface area (Å²) in [5.74, 6) is 0. The summed E-state index contributed by atoms with van der Waals surface area (Å²) in [7, 11) is 0. The molecule has 0 aliphatic rings. The summed E-state index contributed by atoms with van der Waals surface area (Å²) < 4.78 is 0. The lowest BCUT2D eigenvalue weighted by Crippen LogP contribution is -1.91. The Balaban J connectivity index is 1.38. The van der Waals surface area contributed by atoms with E-state index in [0.717, 1.165) is 0 Å². The third kappa shape index (κ3) is 3.42. The maximum Gasteiger partial charge on any atom is -0.00261 e. The van der Waals surface area contributed by atoms with Crippen LogP contribution in [-0.4, -0.2) is 0 Å². The molecule has 9 aromatic rings. The Morgan fingerprint density at radius 1 is 0.214 bits per heavy atom. The molecule has 0 nitrogen and oxygen atoms in total. The van der Waals surface area contributed by atoms with Gasteiger partial charge < -0.3 is 0 Å². The number of fused-ring (bicyclic) bond motifs is 8. The minimum atomic E-state index is 1.25. The molecule has 0 aromatic heterocycles. The normalized spacial score (nSPS) is 11.8. The van der Waals surface area contributed by atoms with Crippen LogP contribution in [0.5, 0.6) is 0 Å². The van der Waals surface area contributed by atoms with E-state index in [9.17, 15) is 0 Å². The summed E-state index contributed by atoms with van der Waals surface area (Å²) in [6.07, 6.45) is 0. The van der Waals surface area contributed by atoms with Gasteiger partial charge in [-0.3, -0.25) is 0 Å². The van der Waals surface area contributed by atoms with Crippen molar-refractivity contribution in [3.63, 3.8) is 0 Å². The Labute approximate surface area is 244 Å². The summed E-state index contributed by atoms with van der Waals surface area (Å²) in [6.45, 7) is 0. The van der Waals surface area contributed by atoms with Gasteiger partial charge in [-0.2, -0.15) is 0 Å². The lowest BCUT2D eigenvalue weighted by Gasteiger charge is -2.18. The fraction of sp³-hybridized carbons (Fsp3) is 0. The molecule has 9 aromatic carbocycles. The fourth-order valence-corrected chi connectivity index (χ4v) is 7.07. The summed E-state index contributed by atoms with van der Waals surface area (Å²) in [5, 5.41) is 15.4. The predicted molar refractivity (Wildman–Crippen MR) is 182 cm³/mol. The molecule has 0 heterocycles. The van der Waals surface area contributed by atoms with Crippen LogP contribution in [0.15, 0.2) is 158 Å². The second-order valence-electron chi connectivity index (χ2n) is 11.3. The van der Waals surface area contributed by atoms with Crippen LogP contribution >= 0.6 is 0 Å². The molecule has 0 amide bonds. The molecule has 0 unspecified atom stereocenters. The van der Waals surface area contributed by atoms with Crippen LogP contribution in [-0.2, 0) is 0 Å². The van der Waals surface area contributed by atoms with Gasteiger partial charge in [0.2, 0.25) is 0 Å². The van der Waals surface area contributed by atoms with Gasteiger partial charge in [0.05, 0.1) is 0 Å². The van der Waals surface area contributed by atoms with E-state index in [0.29, 0.717) is 0 Å². The smallest absolute Gasteiger partial charge is 0.00261 e. The van der Waals surface area contributed by atoms with Crippen molar-refractivity contribution in [2.24, 2.45) is 0 Å². The van der Waals surface area contributed by atoms with Crippen LogP contribution in [0, 0.1) is 0 Å². The maximum atomic E-state index is 2.40. The summed E-state index contributed by atoms with van der Waals surface area (Å²) >= 11 is 0. The Morgan fingerprint density at radius 3 is 0.881 bits per heavy atom. The molecule has 0 bridgehead atoms. The molecular weight excluding hydrogens is 504 g/mol. The molecule has 0 saturated heterocycles. The highest BCUT2D eigenvalue weighted by atomic mass is 14.2. The lowest BCUT2D eigenvalue weighted by molar-refractivity contribution is 1.69. The molecule has 0 aliphatic carbocycles. The zero-order valence-corrected chi connectivity index (χ0v) is 23.0. The highest BCUT2D eigenvalue weighted by Gasteiger charge is 2.17. The fourth-order valence-electron chi connectivity index (χ4n) is 7.07. The average Bonchev–Trinajstić information content (AvgIpc) is 3.06. The van der Waals surface area contributed by atoms with Gasteiger partial charge in [0, 0.05) is 0 Å². The van der Waals surface area contributed by atoms with Gasteiger partial charge in [0.15, 0.2) is 0 Å². The van der Waals surface area contributed by atoms with Gasteiger partial charge in [-0.05, 0) is 99.0 Å². The monoisotopic (exact) mass is 530 g/mol. The van der Waals surface area contributed by atoms with Crippen LogP contribution in [0.25, 0.3) is 86.9 Å². The van der Waals surface area contributed by atoms with Crippen molar-refractivity contribution in [1.82, 2.24) is 0 Å². The third-order valence-corrected chi connectivity index (χ3v) is 9.00. The van der Waals surface area contributed by atoms with Crippen LogP contribution in [0.1, 0.15) is 0 Å². The van der Waals surface area contributed by atoms with Crippen molar-refractivity contribution in [3.05, 3.63) is 158 Å². The Hall–Kier alpha value is -5.46. The highest BCUT2D eigenvalue weighted by Crippen LogP contribution is 2.45. The Bertz CT molecular complexity index is 2280. The number of hydrogen-bond donors (Lipinski definition) is 0. The van der Waals surface area contributed by atoms with Crippen LogP contribution in [0.4, 0.5) is 0 Å². The molecular formula is C42H26. The van der Waals surface area contributed by atoms with Gasteiger partial charge in [0.1, 0.15) is 0 Å². The van der Waals surface area contributed by atoms with E-state index < -0.39 is 0 Å². The Kier molecular flexibility index (Phi) is 5.00. The molecule has 194 valence electrons. The van der Waals surface area contributed by atoms with Crippen LogP contribution in [0.3, 0.4) is 0 Å². The van der Waals surface area contributed by atoms with Crippen LogP contribution < -0.4 is 0 Å². The number of hydrogen-bond acceptors (Lipinski definition) is 0. The van der Waals surface area contributed by atoms with Crippen molar-refractivity contribution in [1.29, 1.82) is 0 Å². The first-order chi connectivity index (χ1) is 20.8. The van der Waals surface area contributed by atoms with Gasteiger partial charge in [0.25, 0.3) is 0 Å². The first-order valence-corrected chi connectivity index (χ1v) is 14.6. The summed E-state index contributed by atoms with van der Waals surface area (Å²) in [5.41, 5.74) is 5.10. The highest BCUT2D eigenvalue weighted by molar-refractivity contribution is 6.23. The molecule has 0 spiro atoms. The topological polar surface area (TPSA) is 0 Å². The van der Waals surface area contributed by atoms with E-state index >= 15 is 0 Å². The molecule has 0 aliphatic heterocycles. The van der Waals surface area contributed by atoms with Gasteiger partial charge in [-0.25, -0.2) is 0 Å². The molecule has 0 atom stereocenters. The molecule has 0 N–H and O–H groups in total. The molecule has 9 rings (SSSR count). The SMILES string of the molecule is c1ccc2c(c1)ccc1ccc(-c3c4ccccc4c(-c4ccc5ccc6ccccc6c5c4)c4ccccc34)cc12. The van der Waals surface area contributed by atoms with Gasteiger partial charge in [-0.15, -0.1) is 0 Å². The largest absolute Gasteiger partial charge is 0.0616 e. The summed E-state index contributed by atoms with van der Waals surface area (Å²) in [6, 6.07) is 58.2. The number of benzene rings is 9. The quantitative estimate of drug-likeness (QED) is 0.154. The van der Waals surface area contributed by atoms with E-state index in [4.69, 9.17) is 0 Å². The molecule has 0 radical (unpaired) electrons. The second kappa shape index (κ2) is 9.03. The van der Waals surface area contributed by atoms with Crippen molar-refractivity contribution >= 4 is 64.6 Å². The van der Waals surface area contributed by atoms with Crippen molar-refractivity contribution < 1.29 is 0 Å². The van der Waals surface area contributed by atoms with Gasteiger partial charge >= 0.3 is 0 Å². The molecule has 42 heavy (non-hydrogen) atoms. The third-order valence-electron chi connectivity index (χ3n) is 9.00. The van der Waals surface area contributed by atoms with Gasteiger partial charge in [-0.1, -0.05) is 146 Å².